The van der Waals surface area contributed by atoms with Gasteiger partial charge in [0, 0.05) is 30.5 Å². The Kier molecular flexibility index (Phi) is 6.74. The highest BCUT2D eigenvalue weighted by Crippen LogP contribution is 2.40. The first-order chi connectivity index (χ1) is 16.2. The summed E-state index contributed by atoms with van der Waals surface area (Å²) in [5.74, 6) is 1.48. The molecule has 0 aromatic carbocycles. The molecule has 2 N–H and O–H groups in total. The van der Waals surface area contributed by atoms with Gasteiger partial charge in [0.2, 0.25) is 0 Å². The Balaban J connectivity index is 1.70. The van der Waals surface area contributed by atoms with Gasteiger partial charge in [0.25, 0.3) is 0 Å². The van der Waals surface area contributed by atoms with Crippen LogP contribution >= 0.6 is 0 Å². The van der Waals surface area contributed by atoms with E-state index in [1.54, 1.807) is 12.4 Å². The summed E-state index contributed by atoms with van der Waals surface area (Å²) in [4.78, 5) is 14.8. The summed E-state index contributed by atoms with van der Waals surface area (Å²) in [6.07, 6.45) is 0.804. The third-order valence-electron chi connectivity index (χ3n) is 6.05. The van der Waals surface area contributed by atoms with Crippen LogP contribution in [0.15, 0.2) is 30.7 Å². The van der Waals surface area contributed by atoms with Crippen molar-refractivity contribution in [1.29, 1.82) is 0 Å². The molecule has 0 radical (unpaired) electrons. The topological polar surface area (TPSA) is 83.8 Å². The largest absolute Gasteiger partial charge is 0.433 e. The summed E-state index contributed by atoms with van der Waals surface area (Å²) in [7, 11) is 0. The quantitative estimate of drug-likeness (QED) is 0.495. The fraction of sp³-hybridized carbons (Fsp3) is 0.478. The number of likely N-dealkylation sites (N-methyl/N-ethyl adjacent to an activating group) is 1. The Morgan fingerprint density at radius 3 is 2.53 bits per heavy atom. The molecule has 4 rings (SSSR count). The maximum absolute atomic E-state index is 12.9. The second-order valence-corrected chi connectivity index (χ2v) is 8.45. The zero-order valence-electron chi connectivity index (χ0n) is 19.7. The Morgan fingerprint density at radius 1 is 1.12 bits per heavy atom. The molecule has 1 aliphatic heterocycles. The van der Waals surface area contributed by atoms with Crippen molar-refractivity contribution < 1.29 is 13.2 Å². The molecule has 0 bridgehead atoms. The fourth-order valence-electron chi connectivity index (χ4n) is 4.54. The number of alkyl halides is 3. The van der Waals surface area contributed by atoms with Gasteiger partial charge in [-0.05, 0) is 45.9 Å². The predicted molar refractivity (Wildman–Crippen MR) is 124 cm³/mol. The second kappa shape index (κ2) is 9.57. The van der Waals surface area contributed by atoms with Gasteiger partial charge in [0.1, 0.15) is 5.69 Å². The summed E-state index contributed by atoms with van der Waals surface area (Å²) < 4.78 is 40.7. The molecule has 8 nitrogen and oxygen atoms in total. The van der Waals surface area contributed by atoms with Gasteiger partial charge in [-0.1, -0.05) is 6.92 Å². The van der Waals surface area contributed by atoms with Crippen LogP contribution in [-0.4, -0.2) is 43.9 Å². The van der Waals surface area contributed by atoms with E-state index in [0.717, 1.165) is 41.9 Å². The van der Waals surface area contributed by atoms with Gasteiger partial charge >= 0.3 is 6.18 Å². The molecular weight excluding hydrogens is 445 g/mol. The lowest BCUT2D eigenvalue weighted by Crippen LogP contribution is -2.43. The maximum atomic E-state index is 12.9. The van der Waals surface area contributed by atoms with Crippen molar-refractivity contribution in [2.24, 2.45) is 0 Å². The molecule has 34 heavy (non-hydrogen) atoms. The SMILES string of the molecule is CCNCCn1nc(Nc2ccc(C(F)(F)F)nc2)c2c1C(C)N(c1nccnc1C)C(C)C2. The number of halogens is 3. The van der Waals surface area contributed by atoms with Crippen LogP contribution < -0.4 is 15.5 Å². The van der Waals surface area contributed by atoms with Crippen molar-refractivity contribution in [3.05, 3.63) is 53.4 Å². The molecule has 11 heteroatoms. The molecule has 0 fully saturated rings. The summed E-state index contributed by atoms with van der Waals surface area (Å²) >= 11 is 0. The number of nitrogens with zero attached hydrogens (tertiary/aromatic N) is 6. The monoisotopic (exact) mass is 474 g/mol. The zero-order valence-corrected chi connectivity index (χ0v) is 19.7. The predicted octanol–water partition coefficient (Wildman–Crippen LogP) is 4.26. The highest BCUT2D eigenvalue weighted by molar-refractivity contribution is 5.63. The minimum atomic E-state index is -4.47. The number of rotatable bonds is 7. The Bertz CT molecular complexity index is 1130. The molecule has 0 saturated heterocycles. The molecule has 4 heterocycles. The van der Waals surface area contributed by atoms with E-state index in [2.05, 4.69) is 44.3 Å². The first-order valence-electron chi connectivity index (χ1n) is 11.4. The minimum absolute atomic E-state index is 0.0236. The van der Waals surface area contributed by atoms with Crippen molar-refractivity contribution in [3.63, 3.8) is 0 Å². The molecule has 0 aliphatic carbocycles. The van der Waals surface area contributed by atoms with Crippen LogP contribution in [0.4, 0.5) is 30.5 Å². The Hall–Kier alpha value is -3.21. The van der Waals surface area contributed by atoms with Crippen molar-refractivity contribution in [2.75, 3.05) is 23.3 Å². The molecule has 0 spiro atoms. The number of hydrogen-bond donors (Lipinski definition) is 2. The number of pyridine rings is 1. The number of hydrogen-bond acceptors (Lipinski definition) is 7. The third-order valence-corrected chi connectivity index (χ3v) is 6.05. The number of fused-ring (bicyclic) bond motifs is 1. The van der Waals surface area contributed by atoms with E-state index in [1.807, 2.05) is 18.5 Å². The van der Waals surface area contributed by atoms with Gasteiger partial charge in [-0.3, -0.25) is 9.67 Å². The van der Waals surface area contributed by atoms with Gasteiger partial charge in [0.15, 0.2) is 11.6 Å². The minimum Gasteiger partial charge on any atom is -0.344 e. The van der Waals surface area contributed by atoms with Crippen LogP contribution in [0.5, 0.6) is 0 Å². The summed E-state index contributed by atoms with van der Waals surface area (Å²) in [6.45, 7) is 10.5. The molecule has 0 amide bonds. The van der Waals surface area contributed by atoms with E-state index in [0.29, 0.717) is 24.5 Å². The van der Waals surface area contributed by atoms with Gasteiger partial charge in [-0.2, -0.15) is 18.3 Å². The van der Waals surface area contributed by atoms with Crippen molar-refractivity contribution in [3.8, 4) is 0 Å². The Labute approximate surface area is 196 Å². The lowest BCUT2D eigenvalue weighted by atomic mass is 9.94. The smallest absolute Gasteiger partial charge is 0.344 e. The van der Waals surface area contributed by atoms with E-state index >= 15 is 0 Å². The first-order valence-corrected chi connectivity index (χ1v) is 11.4. The van der Waals surface area contributed by atoms with Crippen LogP contribution in [0.25, 0.3) is 0 Å². The van der Waals surface area contributed by atoms with E-state index in [-0.39, 0.29) is 12.1 Å². The lowest BCUT2D eigenvalue weighted by molar-refractivity contribution is -0.141. The zero-order chi connectivity index (χ0) is 24.5. The van der Waals surface area contributed by atoms with Crippen LogP contribution in [0.2, 0.25) is 0 Å². The Morgan fingerprint density at radius 2 is 1.88 bits per heavy atom. The molecule has 182 valence electrons. The highest BCUT2D eigenvalue weighted by atomic mass is 19.4. The highest BCUT2D eigenvalue weighted by Gasteiger charge is 2.37. The molecular formula is C23H29F3N8. The van der Waals surface area contributed by atoms with E-state index < -0.39 is 11.9 Å². The number of aryl methyl sites for hydroxylation is 1. The molecule has 2 unspecified atom stereocenters. The van der Waals surface area contributed by atoms with Crippen molar-refractivity contribution in [2.45, 2.75) is 58.9 Å². The van der Waals surface area contributed by atoms with Gasteiger partial charge in [-0.15, -0.1) is 0 Å². The van der Waals surface area contributed by atoms with Gasteiger partial charge < -0.3 is 15.5 Å². The van der Waals surface area contributed by atoms with Crippen LogP contribution in [0.3, 0.4) is 0 Å². The van der Waals surface area contributed by atoms with E-state index in [1.165, 1.54) is 12.3 Å². The van der Waals surface area contributed by atoms with Gasteiger partial charge in [0.05, 0.1) is 35.9 Å². The number of anilines is 3. The summed E-state index contributed by atoms with van der Waals surface area (Å²) in [5.41, 5.74) is 2.50. The standard InChI is InChI=1S/C23H29F3N8/c1-5-27-10-11-33-20-16(4)34(22-15(3)28-8-9-29-22)14(2)12-18(20)21(32-33)31-17-6-7-19(30-13-17)23(24,25)26/h6-9,13-14,16,27H,5,10-12H2,1-4H3,(H,31,32). The molecule has 3 aromatic rings. The average molecular weight is 475 g/mol. The van der Waals surface area contributed by atoms with Gasteiger partial charge in [-0.25, -0.2) is 9.97 Å². The molecule has 1 aliphatic rings. The number of aromatic nitrogens is 5. The molecule has 3 aromatic heterocycles. The van der Waals surface area contributed by atoms with Crippen LogP contribution in [0.1, 0.15) is 49.5 Å². The normalized spacial score (nSPS) is 18.1. The lowest BCUT2D eigenvalue weighted by Gasteiger charge is -2.40. The third kappa shape index (κ3) is 4.70. The molecule has 0 saturated carbocycles. The maximum Gasteiger partial charge on any atom is 0.433 e. The first kappa shape index (κ1) is 23.9. The summed E-state index contributed by atoms with van der Waals surface area (Å²) in [5, 5.41) is 11.3. The van der Waals surface area contributed by atoms with Crippen molar-refractivity contribution >= 4 is 17.3 Å². The average Bonchev–Trinajstić information content (AvgIpc) is 3.12. The van der Waals surface area contributed by atoms with Crippen LogP contribution in [0, 0.1) is 6.92 Å². The van der Waals surface area contributed by atoms with E-state index in [9.17, 15) is 13.2 Å². The summed E-state index contributed by atoms with van der Waals surface area (Å²) in [6, 6.07) is 2.45. The molecule has 2 atom stereocenters. The van der Waals surface area contributed by atoms with E-state index in [4.69, 9.17) is 5.10 Å². The van der Waals surface area contributed by atoms with Crippen molar-refractivity contribution in [1.82, 2.24) is 30.0 Å². The second-order valence-electron chi connectivity index (χ2n) is 8.45. The fourth-order valence-corrected chi connectivity index (χ4v) is 4.54. The van der Waals surface area contributed by atoms with Crippen LogP contribution in [-0.2, 0) is 19.1 Å². The number of nitrogens with one attached hydrogen (secondary N) is 2.